The van der Waals surface area contributed by atoms with Gasteiger partial charge in [-0.1, -0.05) is 19.3 Å². The molecule has 5 unspecified atom stereocenters. The predicted octanol–water partition coefficient (Wildman–Crippen LogP) is 2.52. The van der Waals surface area contributed by atoms with Crippen LogP contribution >= 0.6 is 11.8 Å². The molecule has 2 heterocycles. The molecule has 1 amide bonds. The Bertz CT molecular complexity index is 452. The van der Waals surface area contributed by atoms with Crippen molar-refractivity contribution in [2.24, 2.45) is 11.8 Å². The number of nitrogens with one attached hydrogen (secondary N) is 2. The second kappa shape index (κ2) is 8.59. The molecule has 4 aliphatic rings. The minimum atomic E-state index is 0.128. The molecule has 0 spiro atoms. The third kappa shape index (κ3) is 4.52. The number of carbonyl (C=O) groups excluding carboxylic acids is 1. The fourth-order valence-electron chi connectivity index (χ4n) is 5.20. The van der Waals surface area contributed by atoms with Crippen molar-refractivity contribution < 1.29 is 9.53 Å². The second-order valence-corrected chi connectivity index (χ2v) is 9.66. The number of hydrogen-bond donors (Lipinski definition) is 2. The lowest BCUT2D eigenvalue weighted by molar-refractivity contribution is -0.142. The quantitative estimate of drug-likeness (QED) is 0.755. The first-order chi connectivity index (χ1) is 12.3. The van der Waals surface area contributed by atoms with Crippen LogP contribution in [0.25, 0.3) is 0 Å². The van der Waals surface area contributed by atoms with E-state index in [0.29, 0.717) is 11.4 Å². The van der Waals surface area contributed by atoms with E-state index < -0.39 is 0 Å². The molecular formula is C19H33N3O2S. The normalized spacial score (nSPS) is 38.0. The van der Waals surface area contributed by atoms with Gasteiger partial charge in [-0.25, -0.2) is 5.43 Å². The van der Waals surface area contributed by atoms with Gasteiger partial charge in [0.1, 0.15) is 6.61 Å². The average Bonchev–Trinajstić information content (AvgIpc) is 3.39. The van der Waals surface area contributed by atoms with E-state index in [1.165, 1.54) is 50.7 Å². The molecule has 5 atom stereocenters. The van der Waals surface area contributed by atoms with Gasteiger partial charge in [-0.05, 0) is 56.1 Å². The smallest absolute Gasteiger partial charge is 0.249 e. The summed E-state index contributed by atoms with van der Waals surface area (Å²) < 4.78 is 6.11. The van der Waals surface area contributed by atoms with Crippen molar-refractivity contribution in [1.82, 2.24) is 15.8 Å². The molecule has 4 fully saturated rings. The maximum Gasteiger partial charge on any atom is 0.249 e. The number of rotatable bonds is 6. The van der Waals surface area contributed by atoms with Gasteiger partial charge < -0.3 is 9.64 Å². The van der Waals surface area contributed by atoms with E-state index in [4.69, 9.17) is 4.74 Å². The van der Waals surface area contributed by atoms with Crippen LogP contribution < -0.4 is 10.9 Å². The summed E-state index contributed by atoms with van der Waals surface area (Å²) in [4.78, 5) is 15.0. The molecule has 2 aliphatic heterocycles. The molecule has 2 saturated heterocycles. The van der Waals surface area contributed by atoms with E-state index in [1.807, 2.05) is 16.7 Å². The van der Waals surface area contributed by atoms with Crippen molar-refractivity contribution >= 4 is 17.7 Å². The number of ether oxygens (including phenoxy) is 1. The summed E-state index contributed by atoms with van der Waals surface area (Å²) in [7, 11) is 0. The molecule has 25 heavy (non-hydrogen) atoms. The second-order valence-electron chi connectivity index (χ2n) is 8.25. The lowest BCUT2D eigenvalue weighted by atomic mass is 9.80. The zero-order chi connectivity index (χ0) is 17.1. The number of fused-ring (bicyclic) bond motifs is 1. The molecule has 2 saturated carbocycles. The van der Waals surface area contributed by atoms with Gasteiger partial charge in [0.2, 0.25) is 5.91 Å². The van der Waals surface area contributed by atoms with Crippen LogP contribution in [0.3, 0.4) is 0 Å². The first kappa shape index (κ1) is 18.1. The Morgan fingerprint density at radius 2 is 2.00 bits per heavy atom. The molecule has 0 aromatic heterocycles. The van der Waals surface area contributed by atoms with Gasteiger partial charge in [0.25, 0.3) is 0 Å². The Kier molecular flexibility index (Phi) is 6.21. The predicted molar refractivity (Wildman–Crippen MR) is 101 cm³/mol. The third-order valence-electron chi connectivity index (χ3n) is 6.62. The first-order valence-corrected chi connectivity index (χ1v) is 11.4. The molecule has 142 valence electrons. The van der Waals surface area contributed by atoms with Gasteiger partial charge >= 0.3 is 0 Å². The number of carbonyl (C=O) groups is 1. The lowest BCUT2D eigenvalue weighted by Gasteiger charge is -2.34. The van der Waals surface area contributed by atoms with Gasteiger partial charge in [-0.15, -0.1) is 0 Å². The summed E-state index contributed by atoms with van der Waals surface area (Å²) in [6, 6.07) is 0. The molecule has 4 rings (SSSR count). The van der Waals surface area contributed by atoms with Crippen molar-refractivity contribution in [3.8, 4) is 0 Å². The summed E-state index contributed by atoms with van der Waals surface area (Å²) >= 11 is 2.02. The highest BCUT2D eigenvalue weighted by molar-refractivity contribution is 8.00. The Hall–Kier alpha value is -0.300. The zero-order valence-corrected chi connectivity index (χ0v) is 16.1. The molecule has 0 bridgehead atoms. The number of amides is 1. The SMILES string of the molecule is O=C(COC1CCC2CCCC2C1)N(CC1CCCS1)C1CCNN1. The van der Waals surface area contributed by atoms with E-state index in [1.54, 1.807) is 0 Å². The van der Waals surface area contributed by atoms with Crippen molar-refractivity contribution in [3.63, 3.8) is 0 Å². The van der Waals surface area contributed by atoms with Gasteiger partial charge in [-0.3, -0.25) is 10.2 Å². The third-order valence-corrected chi connectivity index (χ3v) is 8.00. The summed E-state index contributed by atoms with van der Waals surface area (Å²) in [5.74, 6) is 3.22. The number of nitrogens with zero attached hydrogens (tertiary/aromatic N) is 1. The molecule has 0 aromatic rings. The monoisotopic (exact) mass is 367 g/mol. The Labute approximate surface area is 156 Å². The van der Waals surface area contributed by atoms with Crippen LogP contribution in [0, 0.1) is 11.8 Å². The minimum Gasteiger partial charge on any atom is -0.368 e. The van der Waals surface area contributed by atoms with Crippen LogP contribution in [-0.4, -0.2) is 53.8 Å². The lowest BCUT2D eigenvalue weighted by Crippen LogP contribution is -2.51. The summed E-state index contributed by atoms with van der Waals surface area (Å²) in [6.45, 7) is 2.05. The van der Waals surface area contributed by atoms with Gasteiger partial charge in [0.15, 0.2) is 0 Å². The average molecular weight is 368 g/mol. The van der Waals surface area contributed by atoms with Gasteiger partial charge in [0.05, 0.1) is 12.3 Å². The van der Waals surface area contributed by atoms with Crippen molar-refractivity contribution in [3.05, 3.63) is 0 Å². The Morgan fingerprint density at radius 3 is 2.80 bits per heavy atom. The highest BCUT2D eigenvalue weighted by atomic mass is 32.2. The highest BCUT2D eigenvalue weighted by Crippen LogP contribution is 2.42. The fourth-order valence-corrected chi connectivity index (χ4v) is 6.46. The Morgan fingerprint density at radius 1 is 1.08 bits per heavy atom. The summed E-state index contributed by atoms with van der Waals surface area (Å²) in [5.41, 5.74) is 6.44. The number of thioether (sulfide) groups is 1. The van der Waals surface area contributed by atoms with Crippen LogP contribution in [0.5, 0.6) is 0 Å². The van der Waals surface area contributed by atoms with Crippen LogP contribution in [0.4, 0.5) is 0 Å². The topological polar surface area (TPSA) is 53.6 Å². The maximum absolute atomic E-state index is 12.9. The maximum atomic E-state index is 12.9. The Balaban J connectivity index is 1.28. The number of hydrazine groups is 1. The first-order valence-electron chi connectivity index (χ1n) is 10.3. The van der Waals surface area contributed by atoms with E-state index in [0.717, 1.165) is 37.8 Å². The van der Waals surface area contributed by atoms with Crippen LogP contribution in [-0.2, 0) is 9.53 Å². The van der Waals surface area contributed by atoms with Crippen LogP contribution in [0.1, 0.15) is 57.8 Å². The molecule has 6 heteroatoms. The number of hydrogen-bond acceptors (Lipinski definition) is 5. The van der Waals surface area contributed by atoms with E-state index in [2.05, 4.69) is 10.9 Å². The fraction of sp³-hybridized carbons (Fsp3) is 0.947. The molecule has 0 aromatic carbocycles. The van der Waals surface area contributed by atoms with Crippen LogP contribution in [0.2, 0.25) is 0 Å². The molecule has 2 aliphatic carbocycles. The van der Waals surface area contributed by atoms with E-state index in [-0.39, 0.29) is 18.7 Å². The molecule has 2 N–H and O–H groups in total. The highest BCUT2D eigenvalue weighted by Gasteiger charge is 2.35. The summed E-state index contributed by atoms with van der Waals surface area (Å²) in [6.07, 6.45) is 11.8. The molecule has 5 nitrogen and oxygen atoms in total. The van der Waals surface area contributed by atoms with Crippen LogP contribution in [0.15, 0.2) is 0 Å². The van der Waals surface area contributed by atoms with Crippen molar-refractivity contribution in [1.29, 1.82) is 0 Å². The standard InChI is InChI=1S/C19H33N3O2S/c23-19(13-24-16-7-6-14-3-1-4-15(14)11-16)22(18-8-9-20-21-18)12-17-5-2-10-25-17/h14-18,20-21H,1-13H2. The van der Waals surface area contributed by atoms with E-state index in [9.17, 15) is 4.79 Å². The molecule has 0 radical (unpaired) electrons. The van der Waals surface area contributed by atoms with E-state index >= 15 is 0 Å². The van der Waals surface area contributed by atoms with Gasteiger partial charge in [0, 0.05) is 18.3 Å². The summed E-state index contributed by atoms with van der Waals surface area (Å²) in [5, 5.41) is 0.597. The van der Waals surface area contributed by atoms with Crippen molar-refractivity contribution in [2.45, 2.75) is 75.3 Å². The zero-order valence-electron chi connectivity index (χ0n) is 15.3. The van der Waals surface area contributed by atoms with Gasteiger partial charge in [-0.2, -0.15) is 11.8 Å². The molecular weight excluding hydrogens is 334 g/mol. The van der Waals surface area contributed by atoms with Crippen molar-refractivity contribution in [2.75, 3.05) is 25.4 Å². The minimum absolute atomic E-state index is 0.128. The largest absolute Gasteiger partial charge is 0.368 e.